The van der Waals surface area contributed by atoms with E-state index in [2.05, 4.69) is 5.32 Å². The zero-order valence-corrected chi connectivity index (χ0v) is 10.4. The van der Waals surface area contributed by atoms with Gasteiger partial charge in [0.25, 0.3) is 0 Å². The molecule has 0 aliphatic carbocycles. The Kier molecular flexibility index (Phi) is 3.59. The number of imide groups is 1. The Balaban J connectivity index is 2.45. The van der Waals surface area contributed by atoms with Crippen LogP contribution in [-0.4, -0.2) is 30.7 Å². The van der Waals surface area contributed by atoms with Crippen LogP contribution in [0.1, 0.15) is 23.7 Å². The molecule has 1 aliphatic heterocycles. The third-order valence-electron chi connectivity index (χ3n) is 3.07. The normalized spacial score (nSPS) is 19.3. The largest absolute Gasteiger partial charge is 0.350 e. The average Bonchev–Trinajstić information content (AvgIpc) is 2.37. The topological polar surface area (TPSA) is 66.5 Å². The van der Waals surface area contributed by atoms with E-state index in [1.807, 2.05) is 0 Å². The highest BCUT2D eigenvalue weighted by Crippen LogP contribution is 2.25. The van der Waals surface area contributed by atoms with Crippen LogP contribution in [0.5, 0.6) is 0 Å². The van der Waals surface area contributed by atoms with Crippen molar-refractivity contribution in [2.24, 2.45) is 0 Å². The first-order valence-electron chi connectivity index (χ1n) is 5.92. The molecule has 0 radical (unpaired) electrons. The molecule has 1 aliphatic rings. The molecule has 0 bridgehead atoms. The Bertz CT molecular complexity index is 545. The second kappa shape index (κ2) is 5.17. The van der Waals surface area contributed by atoms with Gasteiger partial charge in [0.2, 0.25) is 11.8 Å². The van der Waals surface area contributed by atoms with Crippen LogP contribution in [0.15, 0.2) is 18.2 Å². The van der Waals surface area contributed by atoms with Gasteiger partial charge in [0, 0.05) is 11.3 Å². The second-order valence-electron chi connectivity index (χ2n) is 4.29. The van der Waals surface area contributed by atoms with Crippen molar-refractivity contribution in [3.05, 3.63) is 29.6 Å². The van der Waals surface area contributed by atoms with Crippen LogP contribution in [0.25, 0.3) is 0 Å². The van der Waals surface area contributed by atoms with Crippen molar-refractivity contribution in [3.8, 4) is 0 Å². The highest BCUT2D eigenvalue weighted by atomic mass is 19.1. The van der Waals surface area contributed by atoms with Gasteiger partial charge in [-0.3, -0.25) is 19.7 Å². The predicted octanol–water partition coefficient (Wildman–Crippen LogP) is 0.880. The summed E-state index contributed by atoms with van der Waals surface area (Å²) in [4.78, 5) is 35.7. The van der Waals surface area contributed by atoms with Gasteiger partial charge in [-0.2, -0.15) is 0 Å². The number of aldehydes is 1. The molecule has 1 saturated heterocycles. The van der Waals surface area contributed by atoms with Gasteiger partial charge in [-0.05, 0) is 24.6 Å². The summed E-state index contributed by atoms with van der Waals surface area (Å²) in [5.41, 5.74) is 0.521. The van der Waals surface area contributed by atoms with E-state index < -0.39 is 23.7 Å². The molecule has 100 valence electrons. The maximum Gasteiger partial charge on any atom is 0.249 e. The van der Waals surface area contributed by atoms with Gasteiger partial charge in [0.1, 0.15) is 11.9 Å². The smallest absolute Gasteiger partial charge is 0.249 e. The first-order chi connectivity index (χ1) is 9.06. The molecule has 5 nitrogen and oxygen atoms in total. The average molecular weight is 264 g/mol. The van der Waals surface area contributed by atoms with Crippen molar-refractivity contribution in [3.63, 3.8) is 0 Å². The van der Waals surface area contributed by atoms with Crippen LogP contribution >= 0.6 is 0 Å². The molecule has 1 heterocycles. The minimum atomic E-state index is -0.540. The number of carbonyl (C=O) groups excluding carboxylic acids is 3. The summed E-state index contributed by atoms with van der Waals surface area (Å²) in [6, 6.07) is 3.16. The van der Waals surface area contributed by atoms with E-state index in [9.17, 15) is 18.8 Å². The maximum atomic E-state index is 13.1. The number of halogens is 1. The lowest BCUT2D eigenvalue weighted by atomic mass is 10.1. The number of piperazine rings is 1. The van der Waals surface area contributed by atoms with E-state index in [1.54, 1.807) is 6.92 Å². The number of rotatable bonds is 3. The number of hydrogen-bond donors (Lipinski definition) is 1. The van der Waals surface area contributed by atoms with Gasteiger partial charge in [-0.15, -0.1) is 0 Å². The summed E-state index contributed by atoms with van der Waals surface area (Å²) in [5, 5.41) is 2.25. The van der Waals surface area contributed by atoms with Crippen LogP contribution < -0.4 is 10.2 Å². The van der Waals surface area contributed by atoms with Crippen molar-refractivity contribution in [1.29, 1.82) is 0 Å². The summed E-state index contributed by atoms with van der Waals surface area (Å²) >= 11 is 0. The maximum absolute atomic E-state index is 13.1. The molecular weight excluding hydrogens is 251 g/mol. The van der Waals surface area contributed by atoms with Crippen LogP contribution in [0.4, 0.5) is 10.1 Å². The Labute approximate surface area is 109 Å². The summed E-state index contributed by atoms with van der Waals surface area (Å²) in [5.74, 6) is -1.37. The lowest BCUT2D eigenvalue weighted by Crippen LogP contribution is -2.58. The van der Waals surface area contributed by atoms with E-state index in [0.717, 1.165) is 6.07 Å². The molecule has 1 N–H and O–H groups in total. The first kappa shape index (κ1) is 13.2. The predicted molar refractivity (Wildman–Crippen MR) is 66.4 cm³/mol. The summed E-state index contributed by atoms with van der Waals surface area (Å²) in [6.45, 7) is 1.77. The number of amides is 2. The Morgan fingerprint density at radius 2 is 2.21 bits per heavy atom. The molecular formula is C13H13FN2O3. The fourth-order valence-corrected chi connectivity index (χ4v) is 2.21. The summed E-state index contributed by atoms with van der Waals surface area (Å²) in [6.07, 6.45) is 0.997. The molecule has 1 atom stereocenters. The minimum Gasteiger partial charge on any atom is -0.350 e. The van der Waals surface area contributed by atoms with Gasteiger partial charge in [-0.25, -0.2) is 4.39 Å². The molecule has 6 heteroatoms. The molecule has 2 rings (SSSR count). The van der Waals surface area contributed by atoms with Gasteiger partial charge in [0.15, 0.2) is 6.29 Å². The number of benzene rings is 1. The van der Waals surface area contributed by atoms with Crippen molar-refractivity contribution in [2.75, 3.05) is 11.4 Å². The van der Waals surface area contributed by atoms with Gasteiger partial charge >= 0.3 is 0 Å². The van der Waals surface area contributed by atoms with Gasteiger partial charge < -0.3 is 4.90 Å². The van der Waals surface area contributed by atoms with E-state index in [1.165, 1.54) is 17.0 Å². The lowest BCUT2D eigenvalue weighted by Gasteiger charge is -2.35. The molecule has 1 aromatic carbocycles. The van der Waals surface area contributed by atoms with Crippen LogP contribution in [0.2, 0.25) is 0 Å². The van der Waals surface area contributed by atoms with Gasteiger partial charge in [-0.1, -0.05) is 6.92 Å². The highest BCUT2D eigenvalue weighted by molar-refractivity contribution is 6.05. The van der Waals surface area contributed by atoms with E-state index in [4.69, 9.17) is 0 Å². The molecule has 2 amide bonds. The van der Waals surface area contributed by atoms with Crippen LogP contribution in [0.3, 0.4) is 0 Å². The van der Waals surface area contributed by atoms with E-state index in [-0.39, 0.29) is 12.1 Å². The third-order valence-corrected chi connectivity index (χ3v) is 3.07. The van der Waals surface area contributed by atoms with E-state index >= 15 is 0 Å². The third kappa shape index (κ3) is 2.47. The van der Waals surface area contributed by atoms with Crippen molar-refractivity contribution in [1.82, 2.24) is 5.32 Å². The van der Waals surface area contributed by atoms with E-state index in [0.29, 0.717) is 18.4 Å². The summed E-state index contributed by atoms with van der Waals surface area (Å²) < 4.78 is 13.1. The fraction of sp³-hybridized carbons (Fsp3) is 0.308. The minimum absolute atomic E-state index is 0.0310. The number of nitrogens with one attached hydrogen (secondary N) is 1. The van der Waals surface area contributed by atoms with Crippen molar-refractivity contribution in [2.45, 2.75) is 19.4 Å². The summed E-state index contributed by atoms with van der Waals surface area (Å²) in [7, 11) is 0. The second-order valence-corrected chi connectivity index (χ2v) is 4.29. The first-order valence-corrected chi connectivity index (χ1v) is 5.92. The quantitative estimate of drug-likeness (QED) is 0.650. The number of anilines is 1. The molecule has 19 heavy (non-hydrogen) atoms. The highest BCUT2D eigenvalue weighted by Gasteiger charge is 2.33. The van der Waals surface area contributed by atoms with Crippen LogP contribution in [0, 0.1) is 5.82 Å². The Hall–Kier alpha value is -2.24. The number of hydrogen-bond acceptors (Lipinski definition) is 4. The standard InChI is InChI=1S/C13H13FN2O3/c1-2-10-13(19)15-12(18)6-16(10)11-4-3-9(14)5-8(11)7-17/h3-5,7,10H,2,6H2,1H3,(H,15,18,19). The monoisotopic (exact) mass is 264 g/mol. The number of carbonyl (C=O) groups is 3. The Morgan fingerprint density at radius 3 is 2.84 bits per heavy atom. The number of nitrogens with zero attached hydrogens (tertiary/aromatic N) is 1. The molecule has 1 unspecified atom stereocenters. The molecule has 1 fully saturated rings. The lowest BCUT2D eigenvalue weighted by molar-refractivity contribution is -0.132. The van der Waals surface area contributed by atoms with Crippen molar-refractivity contribution < 1.29 is 18.8 Å². The SMILES string of the molecule is CCC1C(=O)NC(=O)CN1c1ccc(F)cc1C=O. The molecule has 0 saturated carbocycles. The van der Waals surface area contributed by atoms with Crippen LogP contribution in [-0.2, 0) is 9.59 Å². The van der Waals surface area contributed by atoms with Crippen molar-refractivity contribution >= 4 is 23.8 Å². The fourth-order valence-electron chi connectivity index (χ4n) is 2.21. The zero-order chi connectivity index (χ0) is 14.0. The molecule has 1 aromatic rings. The zero-order valence-electron chi connectivity index (χ0n) is 10.4. The Morgan fingerprint density at radius 1 is 1.47 bits per heavy atom. The van der Waals surface area contributed by atoms with Gasteiger partial charge in [0.05, 0.1) is 6.54 Å². The molecule has 0 spiro atoms. The molecule has 0 aromatic heterocycles.